The summed E-state index contributed by atoms with van der Waals surface area (Å²) in [5.74, 6) is 0.836. The van der Waals surface area contributed by atoms with E-state index in [2.05, 4.69) is 54.6 Å². The highest BCUT2D eigenvalue weighted by molar-refractivity contribution is 7.16. The molecule has 1 atom stereocenters. The van der Waals surface area contributed by atoms with Crippen molar-refractivity contribution in [3.8, 4) is 5.82 Å². The molecule has 5 rings (SSSR count). The largest absolute Gasteiger partial charge is 0.393 e. The molecule has 0 bridgehead atoms. The van der Waals surface area contributed by atoms with Crippen LogP contribution in [-0.2, 0) is 11.5 Å². The number of aromatic nitrogens is 4. The molecular formula is C28H37N5O3SSi. The van der Waals surface area contributed by atoms with Gasteiger partial charge in [-0.25, -0.2) is 9.67 Å². The van der Waals surface area contributed by atoms with Crippen molar-refractivity contribution in [1.82, 2.24) is 19.3 Å². The molecule has 0 aliphatic carbocycles. The Morgan fingerprint density at radius 3 is 2.66 bits per heavy atom. The maximum absolute atomic E-state index is 12.7. The van der Waals surface area contributed by atoms with E-state index in [4.69, 9.17) is 9.84 Å². The quantitative estimate of drug-likeness (QED) is 0.231. The average Bonchev–Trinajstić information content (AvgIpc) is 3.50. The van der Waals surface area contributed by atoms with Crippen molar-refractivity contribution in [2.75, 3.05) is 24.6 Å². The van der Waals surface area contributed by atoms with Crippen molar-refractivity contribution >= 4 is 35.3 Å². The highest BCUT2D eigenvalue weighted by Gasteiger charge is 2.19. The normalized spacial score (nSPS) is 15.9. The number of benzene rings is 1. The van der Waals surface area contributed by atoms with Gasteiger partial charge in [-0.1, -0.05) is 44.0 Å². The van der Waals surface area contributed by atoms with Crippen LogP contribution in [0.25, 0.3) is 16.0 Å². The first-order valence-electron chi connectivity index (χ1n) is 13.3. The van der Waals surface area contributed by atoms with E-state index in [1.54, 1.807) is 9.25 Å². The van der Waals surface area contributed by atoms with Crippen LogP contribution in [0.15, 0.2) is 53.6 Å². The number of piperidine rings is 1. The fourth-order valence-electron chi connectivity index (χ4n) is 4.70. The van der Waals surface area contributed by atoms with Crippen LogP contribution in [0.3, 0.4) is 0 Å². The van der Waals surface area contributed by atoms with Gasteiger partial charge in [0.2, 0.25) is 0 Å². The standard InChI is InChI=1S/C28H37N5O3SSi/c1-20(21-5-7-25-26(17-21)37-28(35)32(25)19-36-15-16-38(2,3)4)24-11-14-33(30-24)27-8-6-22(18-29-27)31-12-9-23(34)10-13-31/h5-8,11,14,17-18,20,23,34H,9-10,12-13,15-16,19H2,1-4H3. The maximum atomic E-state index is 12.7. The molecule has 1 aliphatic heterocycles. The van der Waals surface area contributed by atoms with Gasteiger partial charge >= 0.3 is 4.87 Å². The van der Waals surface area contributed by atoms with Gasteiger partial charge in [0.25, 0.3) is 0 Å². The van der Waals surface area contributed by atoms with Crippen LogP contribution in [0.4, 0.5) is 5.69 Å². The first kappa shape index (κ1) is 26.8. The second-order valence-electron chi connectivity index (χ2n) is 11.4. The highest BCUT2D eigenvalue weighted by Crippen LogP contribution is 2.28. The number of thiazole rings is 1. The minimum atomic E-state index is -1.16. The van der Waals surface area contributed by atoms with E-state index >= 15 is 0 Å². The van der Waals surface area contributed by atoms with E-state index < -0.39 is 8.07 Å². The molecule has 0 spiro atoms. The first-order valence-corrected chi connectivity index (χ1v) is 17.9. The molecule has 3 aromatic heterocycles. The van der Waals surface area contributed by atoms with Crippen LogP contribution in [0.5, 0.6) is 0 Å². The molecule has 1 aliphatic rings. The lowest BCUT2D eigenvalue weighted by Gasteiger charge is -2.31. The van der Waals surface area contributed by atoms with Crippen LogP contribution >= 0.6 is 11.3 Å². The van der Waals surface area contributed by atoms with Gasteiger partial charge in [-0.15, -0.1) is 0 Å². The van der Waals surface area contributed by atoms with E-state index in [-0.39, 0.29) is 16.9 Å². The Hall–Kier alpha value is -2.79. The molecule has 1 saturated heterocycles. The van der Waals surface area contributed by atoms with Crippen LogP contribution in [0, 0.1) is 0 Å². The Morgan fingerprint density at radius 1 is 1.16 bits per heavy atom. The van der Waals surface area contributed by atoms with Gasteiger partial charge in [0.15, 0.2) is 5.82 Å². The summed E-state index contributed by atoms with van der Waals surface area (Å²) >= 11 is 1.27. The van der Waals surface area contributed by atoms with Gasteiger partial charge in [-0.2, -0.15) is 5.10 Å². The molecule has 0 saturated carbocycles. The number of aliphatic hydroxyl groups is 1. The summed E-state index contributed by atoms with van der Waals surface area (Å²) in [7, 11) is -1.16. The number of ether oxygens (including phenoxy) is 1. The third-order valence-corrected chi connectivity index (χ3v) is 9.91. The van der Waals surface area contributed by atoms with Gasteiger partial charge in [0, 0.05) is 39.9 Å². The average molecular weight is 552 g/mol. The number of pyridine rings is 1. The topological polar surface area (TPSA) is 85.4 Å². The van der Waals surface area contributed by atoms with E-state index in [1.165, 1.54) is 11.3 Å². The van der Waals surface area contributed by atoms with Gasteiger partial charge in [-0.3, -0.25) is 9.36 Å². The van der Waals surface area contributed by atoms with Gasteiger partial charge in [0.05, 0.1) is 33.9 Å². The third kappa shape index (κ3) is 6.09. The summed E-state index contributed by atoms with van der Waals surface area (Å²) in [6.45, 7) is 11.8. The lowest BCUT2D eigenvalue weighted by molar-refractivity contribution is 0.0888. The van der Waals surface area contributed by atoms with Gasteiger partial charge in [-0.05, 0) is 54.8 Å². The predicted octanol–water partition coefficient (Wildman–Crippen LogP) is 5.07. The van der Waals surface area contributed by atoms with Gasteiger partial charge in [0.1, 0.15) is 6.73 Å². The molecule has 0 radical (unpaired) electrons. The number of fused-ring (bicyclic) bond motifs is 1. The van der Waals surface area contributed by atoms with E-state index in [9.17, 15) is 9.90 Å². The van der Waals surface area contributed by atoms with Crippen LogP contribution < -0.4 is 9.77 Å². The summed E-state index contributed by atoms with van der Waals surface area (Å²) < 4.78 is 10.4. The molecule has 4 heterocycles. The Balaban J connectivity index is 1.27. The number of hydrogen-bond acceptors (Lipinski definition) is 7. The Labute approximate surface area is 228 Å². The minimum absolute atomic E-state index is 0.0114. The minimum Gasteiger partial charge on any atom is -0.393 e. The molecular weight excluding hydrogens is 514 g/mol. The van der Waals surface area contributed by atoms with Crippen molar-refractivity contribution in [2.45, 2.75) is 64.2 Å². The molecule has 1 fully saturated rings. The maximum Gasteiger partial charge on any atom is 0.310 e. The van der Waals surface area contributed by atoms with E-state index in [1.807, 2.05) is 30.6 Å². The second-order valence-corrected chi connectivity index (χ2v) is 18.0. The zero-order chi connectivity index (χ0) is 26.9. The van der Waals surface area contributed by atoms with Crippen molar-refractivity contribution in [2.24, 2.45) is 0 Å². The zero-order valence-electron chi connectivity index (χ0n) is 22.6. The van der Waals surface area contributed by atoms with Crippen molar-refractivity contribution in [3.63, 3.8) is 0 Å². The monoisotopic (exact) mass is 551 g/mol. The summed E-state index contributed by atoms with van der Waals surface area (Å²) in [5.41, 5.74) is 4.05. The van der Waals surface area contributed by atoms with E-state index in [0.717, 1.165) is 65.0 Å². The molecule has 1 aromatic carbocycles. The Kier molecular flexibility index (Phi) is 7.85. The van der Waals surface area contributed by atoms with Gasteiger partial charge < -0.3 is 14.7 Å². The van der Waals surface area contributed by atoms with Crippen molar-refractivity contribution in [1.29, 1.82) is 0 Å². The molecule has 202 valence electrons. The predicted molar refractivity (Wildman–Crippen MR) is 157 cm³/mol. The third-order valence-electron chi connectivity index (χ3n) is 7.26. The first-order chi connectivity index (χ1) is 18.2. The van der Waals surface area contributed by atoms with Crippen LogP contribution in [0.1, 0.15) is 36.9 Å². The summed E-state index contributed by atoms with van der Waals surface area (Å²) in [4.78, 5) is 19.6. The lowest BCUT2D eigenvalue weighted by atomic mass is 9.98. The van der Waals surface area contributed by atoms with Crippen LogP contribution in [0.2, 0.25) is 25.7 Å². The molecule has 38 heavy (non-hydrogen) atoms. The lowest BCUT2D eigenvalue weighted by Crippen LogP contribution is -2.35. The Morgan fingerprint density at radius 2 is 1.95 bits per heavy atom. The number of aliphatic hydroxyl groups excluding tert-OH is 1. The smallest absolute Gasteiger partial charge is 0.310 e. The zero-order valence-corrected chi connectivity index (χ0v) is 24.4. The summed E-state index contributed by atoms with van der Waals surface area (Å²) in [5, 5.41) is 14.6. The van der Waals surface area contributed by atoms with Crippen molar-refractivity contribution < 1.29 is 9.84 Å². The number of rotatable bonds is 9. The number of nitrogens with zero attached hydrogens (tertiary/aromatic N) is 5. The SMILES string of the molecule is CC(c1ccc2c(c1)sc(=O)n2COCC[Si](C)(C)C)c1ccn(-c2ccc(N3CCC(O)CC3)cn2)n1. The second kappa shape index (κ2) is 11.1. The molecule has 8 nitrogen and oxygen atoms in total. The van der Waals surface area contributed by atoms with Crippen LogP contribution in [-0.4, -0.2) is 58.3 Å². The Bertz CT molecular complexity index is 1430. The highest BCUT2D eigenvalue weighted by atomic mass is 32.1. The fraction of sp³-hybridized carbons (Fsp3) is 0.464. The summed E-state index contributed by atoms with van der Waals surface area (Å²) in [6.07, 6.45) is 5.22. The van der Waals surface area contributed by atoms with Crippen molar-refractivity contribution in [3.05, 3.63) is 69.7 Å². The molecule has 1 N–H and O–H groups in total. The molecule has 1 unspecified atom stereocenters. The fourth-order valence-corrected chi connectivity index (χ4v) is 6.38. The summed E-state index contributed by atoms with van der Waals surface area (Å²) in [6, 6.07) is 13.4. The molecule has 10 heteroatoms. The van der Waals surface area contributed by atoms with E-state index in [0.29, 0.717) is 13.3 Å². The molecule has 0 amide bonds. The molecule has 4 aromatic rings. The number of anilines is 1. The number of hydrogen-bond donors (Lipinski definition) is 1.